The summed E-state index contributed by atoms with van der Waals surface area (Å²) in [5.74, 6) is 0. The van der Waals surface area contributed by atoms with Crippen LogP contribution in [0.5, 0.6) is 0 Å². The van der Waals surface area contributed by atoms with Gasteiger partial charge in [0.05, 0.1) is 12.7 Å². The number of rotatable bonds is 5. The fourth-order valence-electron chi connectivity index (χ4n) is 2.04. The van der Waals surface area contributed by atoms with Crippen molar-refractivity contribution in [1.82, 2.24) is 4.90 Å². The van der Waals surface area contributed by atoms with Crippen molar-refractivity contribution < 1.29 is 4.74 Å². The molecule has 0 aliphatic carbocycles. The van der Waals surface area contributed by atoms with E-state index < -0.39 is 0 Å². The molecule has 90 valence electrons. The van der Waals surface area contributed by atoms with Crippen molar-refractivity contribution in [3.05, 3.63) is 0 Å². The number of hydrogen-bond acceptors (Lipinski definition) is 3. The van der Waals surface area contributed by atoms with Crippen molar-refractivity contribution in [2.75, 3.05) is 19.7 Å². The second-order valence-corrected chi connectivity index (χ2v) is 4.80. The van der Waals surface area contributed by atoms with Gasteiger partial charge in [0.2, 0.25) is 0 Å². The summed E-state index contributed by atoms with van der Waals surface area (Å²) in [7, 11) is 0. The molecule has 1 aliphatic heterocycles. The third-order valence-corrected chi connectivity index (χ3v) is 3.28. The molecule has 1 aliphatic rings. The molecule has 0 aromatic rings. The Morgan fingerprint density at radius 3 is 2.87 bits per heavy atom. The van der Waals surface area contributed by atoms with E-state index in [1.165, 1.54) is 13.0 Å². The lowest BCUT2D eigenvalue weighted by molar-refractivity contribution is -0.0497. The molecule has 3 nitrogen and oxygen atoms in total. The van der Waals surface area contributed by atoms with Gasteiger partial charge >= 0.3 is 0 Å². The van der Waals surface area contributed by atoms with E-state index in [0.717, 1.165) is 26.0 Å². The van der Waals surface area contributed by atoms with Gasteiger partial charge in [0.25, 0.3) is 0 Å². The molecule has 3 atom stereocenters. The molecule has 1 rings (SSSR count). The van der Waals surface area contributed by atoms with Gasteiger partial charge in [-0.3, -0.25) is 4.90 Å². The average molecular weight is 214 g/mol. The lowest BCUT2D eigenvalue weighted by Gasteiger charge is -2.36. The van der Waals surface area contributed by atoms with Gasteiger partial charge in [-0.15, -0.1) is 0 Å². The quantitative estimate of drug-likeness (QED) is 0.755. The van der Waals surface area contributed by atoms with Crippen LogP contribution in [0.2, 0.25) is 0 Å². The van der Waals surface area contributed by atoms with Gasteiger partial charge in [-0.2, -0.15) is 0 Å². The minimum Gasteiger partial charge on any atom is -0.376 e. The van der Waals surface area contributed by atoms with E-state index in [-0.39, 0.29) is 0 Å². The predicted octanol–water partition coefficient (Wildman–Crippen LogP) is 1.61. The van der Waals surface area contributed by atoms with E-state index in [4.69, 9.17) is 10.5 Å². The summed E-state index contributed by atoms with van der Waals surface area (Å²) < 4.78 is 5.60. The average Bonchev–Trinajstić information content (AvgIpc) is 2.23. The predicted molar refractivity (Wildman–Crippen MR) is 63.9 cm³/mol. The summed E-state index contributed by atoms with van der Waals surface area (Å²) in [6, 6.07) is 0.956. The molecule has 3 heteroatoms. The smallest absolute Gasteiger partial charge is 0.0674 e. The zero-order valence-electron chi connectivity index (χ0n) is 10.4. The molecule has 0 saturated carbocycles. The molecule has 2 N–H and O–H groups in total. The highest BCUT2D eigenvalue weighted by molar-refractivity contribution is 4.75. The van der Waals surface area contributed by atoms with Crippen LogP contribution in [0.3, 0.4) is 0 Å². The van der Waals surface area contributed by atoms with Crippen LogP contribution in [0, 0.1) is 0 Å². The van der Waals surface area contributed by atoms with Crippen LogP contribution in [-0.4, -0.2) is 42.8 Å². The van der Waals surface area contributed by atoms with E-state index in [0.29, 0.717) is 18.2 Å². The van der Waals surface area contributed by atoms with Crippen molar-refractivity contribution in [2.45, 2.75) is 58.2 Å². The molecular weight excluding hydrogens is 188 g/mol. The number of nitrogens with two attached hydrogens (primary N) is 1. The second kappa shape index (κ2) is 6.46. The van der Waals surface area contributed by atoms with E-state index in [2.05, 4.69) is 25.7 Å². The first-order valence-electron chi connectivity index (χ1n) is 6.24. The molecule has 3 unspecified atom stereocenters. The molecule has 1 saturated heterocycles. The Kier molecular flexibility index (Phi) is 5.58. The summed E-state index contributed by atoms with van der Waals surface area (Å²) in [5, 5.41) is 0. The van der Waals surface area contributed by atoms with Crippen LogP contribution in [0.15, 0.2) is 0 Å². The van der Waals surface area contributed by atoms with Gasteiger partial charge in [0.15, 0.2) is 0 Å². The minimum atomic E-state index is 0.388. The van der Waals surface area contributed by atoms with Crippen LogP contribution in [0.1, 0.15) is 40.0 Å². The highest BCUT2D eigenvalue weighted by atomic mass is 16.5. The van der Waals surface area contributed by atoms with Crippen molar-refractivity contribution in [3.8, 4) is 0 Å². The Hall–Kier alpha value is -0.120. The summed E-state index contributed by atoms with van der Waals surface area (Å²) in [4.78, 5) is 2.52. The first-order valence-corrected chi connectivity index (χ1v) is 6.24. The maximum absolute atomic E-state index is 5.91. The van der Waals surface area contributed by atoms with E-state index >= 15 is 0 Å². The number of nitrogens with zero attached hydrogens (tertiary/aromatic N) is 1. The third kappa shape index (κ3) is 4.49. The highest BCUT2D eigenvalue weighted by Gasteiger charge is 2.22. The molecule has 0 radical (unpaired) electrons. The molecule has 0 spiro atoms. The van der Waals surface area contributed by atoms with Gasteiger partial charge < -0.3 is 10.5 Å². The summed E-state index contributed by atoms with van der Waals surface area (Å²) >= 11 is 0. The first-order chi connectivity index (χ1) is 7.13. The van der Waals surface area contributed by atoms with Crippen molar-refractivity contribution in [1.29, 1.82) is 0 Å². The fourth-order valence-corrected chi connectivity index (χ4v) is 2.04. The van der Waals surface area contributed by atoms with Gasteiger partial charge in [-0.1, -0.05) is 6.92 Å². The fraction of sp³-hybridized carbons (Fsp3) is 1.00. The Morgan fingerprint density at radius 2 is 2.20 bits per heavy atom. The normalized spacial score (nSPS) is 30.4. The summed E-state index contributed by atoms with van der Waals surface area (Å²) in [6.07, 6.45) is 3.84. The van der Waals surface area contributed by atoms with Crippen LogP contribution in [0.25, 0.3) is 0 Å². The minimum absolute atomic E-state index is 0.388. The van der Waals surface area contributed by atoms with Crippen molar-refractivity contribution >= 4 is 0 Å². The van der Waals surface area contributed by atoms with Gasteiger partial charge in [-0.25, -0.2) is 0 Å². The van der Waals surface area contributed by atoms with Crippen molar-refractivity contribution in [3.63, 3.8) is 0 Å². The molecule has 0 aromatic heterocycles. The largest absolute Gasteiger partial charge is 0.376 e. The zero-order valence-corrected chi connectivity index (χ0v) is 10.4. The monoisotopic (exact) mass is 214 g/mol. The number of ether oxygens (including phenoxy) is 1. The van der Waals surface area contributed by atoms with Gasteiger partial charge in [0, 0.05) is 18.6 Å². The van der Waals surface area contributed by atoms with Crippen LogP contribution < -0.4 is 5.73 Å². The van der Waals surface area contributed by atoms with Crippen LogP contribution in [-0.2, 0) is 4.74 Å². The van der Waals surface area contributed by atoms with Crippen molar-refractivity contribution in [2.24, 2.45) is 5.73 Å². The SMILES string of the molecule is CCC(N)CCCN1CC(C)OCC1C. The van der Waals surface area contributed by atoms with Crippen LogP contribution >= 0.6 is 0 Å². The maximum Gasteiger partial charge on any atom is 0.0674 e. The van der Waals surface area contributed by atoms with E-state index in [9.17, 15) is 0 Å². The Labute approximate surface area is 94.0 Å². The Bertz CT molecular complexity index is 175. The second-order valence-electron chi connectivity index (χ2n) is 4.80. The maximum atomic E-state index is 5.91. The Balaban J connectivity index is 2.18. The number of hydrogen-bond donors (Lipinski definition) is 1. The molecule has 0 aromatic carbocycles. The molecule has 0 amide bonds. The molecule has 0 bridgehead atoms. The molecule has 15 heavy (non-hydrogen) atoms. The van der Waals surface area contributed by atoms with E-state index in [1.807, 2.05) is 0 Å². The summed E-state index contributed by atoms with van der Waals surface area (Å²) in [5.41, 5.74) is 5.91. The van der Waals surface area contributed by atoms with Crippen LogP contribution in [0.4, 0.5) is 0 Å². The Morgan fingerprint density at radius 1 is 1.47 bits per heavy atom. The third-order valence-electron chi connectivity index (χ3n) is 3.28. The molecule has 1 heterocycles. The highest BCUT2D eigenvalue weighted by Crippen LogP contribution is 2.12. The molecular formula is C12H26N2O. The summed E-state index contributed by atoms with van der Waals surface area (Å²) in [6.45, 7) is 9.67. The lowest BCUT2D eigenvalue weighted by atomic mass is 10.1. The lowest BCUT2D eigenvalue weighted by Crippen LogP contribution is -2.47. The molecule has 1 fully saturated rings. The van der Waals surface area contributed by atoms with E-state index in [1.54, 1.807) is 0 Å². The standard InChI is InChI=1S/C12H26N2O/c1-4-12(13)6-5-7-14-8-11(3)15-9-10(14)2/h10-12H,4-9,13H2,1-3H3. The van der Waals surface area contributed by atoms with Gasteiger partial charge in [0.1, 0.15) is 0 Å². The topological polar surface area (TPSA) is 38.5 Å². The first kappa shape index (κ1) is 12.9. The number of morpholine rings is 1. The van der Waals surface area contributed by atoms with Gasteiger partial charge in [-0.05, 0) is 39.7 Å². The zero-order chi connectivity index (χ0) is 11.3.